The molecule has 3 rings (SSSR count). The number of nitrogen functional groups attached to an aromatic ring is 1. The van der Waals surface area contributed by atoms with E-state index in [1.165, 1.54) is 0 Å². The number of aromatic nitrogens is 2. The smallest absolute Gasteiger partial charge is 0.276 e. The van der Waals surface area contributed by atoms with Crippen LogP contribution in [-0.2, 0) is 13.5 Å². The van der Waals surface area contributed by atoms with Crippen molar-refractivity contribution < 1.29 is 4.79 Å². The van der Waals surface area contributed by atoms with E-state index < -0.39 is 0 Å². The van der Waals surface area contributed by atoms with Gasteiger partial charge in [-0.2, -0.15) is 5.10 Å². The Morgan fingerprint density at radius 1 is 1.38 bits per heavy atom. The fourth-order valence-corrected chi connectivity index (χ4v) is 2.81. The minimum absolute atomic E-state index is 0. The number of anilines is 2. The van der Waals surface area contributed by atoms with E-state index in [0.717, 1.165) is 42.0 Å². The van der Waals surface area contributed by atoms with Crippen molar-refractivity contribution in [3.63, 3.8) is 0 Å². The van der Waals surface area contributed by atoms with E-state index in [1.54, 1.807) is 11.7 Å². The molecule has 0 saturated heterocycles. The van der Waals surface area contributed by atoms with E-state index in [1.807, 2.05) is 36.1 Å². The van der Waals surface area contributed by atoms with Crippen molar-refractivity contribution in [3.05, 3.63) is 41.2 Å². The lowest BCUT2D eigenvalue weighted by Gasteiger charge is -2.30. The maximum Gasteiger partial charge on any atom is 0.276 e. The number of carbonyl (C=O) groups excluding carboxylic acids is 1. The third kappa shape index (κ3) is 2.61. The maximum absolute atomic E-state index is 12.7. The molecule has 0 bridgehead atoms. The highest BCUT2D eigenvalue weighted by atomic mass is 35.5. The second-order valence-electron chi connectivity index (χ2n) is 5.20. The number of nitrogens with two attached hydrogens (primary N) is 1. The van der Waals surface area contributed by atoms with E-state index in [-0.39, 0.29) is 18.3 Å². The Bertz CT molecular complexity index is 680. The van der Waals surface area contributed by atoms with Gasteiger partial charge in [0, 0.05) is 25.0 Å². The second kappa shape index (κ2) is 5.77. The number of nitrogens with zero attached hydrogens (tertiary/aromatic N) is 3. The number of rotatable bonds is 1. The first-order chi connectivity index (χ1) is 9.58. The minimum atomic E-state index is -0.0142. The molecule has 1 aliphatic heterocycles. The molecule has 0 atom stereocenters. The molecule has 0 fully saturated rings. The van der Waals surface area contributed by atoms with Crippen LogP contribution in [0.4, 0.5) is 11.4 Å². The molecule has 0 aliphatic carbocycles. The van der Waals surface area contributed by atoms with Crippen LogP contribution in [0.15, 0.2) is 24.3 Å². The van der Waals surface area contributed by atoms with Crippen LogP contribution in [-0.4, -0.2) is 22.2 Å². The average Bonchev–Trinajstić information content (AvgIpc) is 2.77. The first-order valence-electron chi connectivity index (χ1n) is 6.78. The number of carbonyl (C=O) groups is 1. The molecule has 2 heterocycles. The van der Waals surface area contributed by atoms with Gasteiger partial charge in [-0.15, -0.1) is 12.4 Å². The number of fused-ring (bicyclic) bond motifs is 1. The third-order valence-electron chi connectivity index (χ3n) is 3.75. The summed E-state index contributed by atoms with van der Waals surface area (Å²) in [6, 6.07) is 7.57. The number of halogens is 1. The van der Waals surface area contributed by atoms with Gasteiger partial charge in [0.2, 0.25) is 0 Å². The van der Waals surface area contributed by atoms with Crippen molar-refractivity contribution in [3.8, 4) is 0 Å². The first-order valence-corrected chi connectivity index (χ1v) is 6.78. The summed E-state index contributed by atoms with van der Waals surface area (Å²) in [5.41, 5.74) is 10.2. The SMILES string of the molecule is Cc1cc(C(=O)N2CCCc3c(N)cccc32)n(C)n1.Cl. The maximum atomic E-state index is 12.7. The lowest BCUT2D eigenvalue weighted by Crippen LogP contribution is -2.36. The predicted molar refractivity (Wildman–Crippen MR) is 86.0 cm³/mol. The molecule has 1 amide bonds. The Labute approximate surface area is 130 Å². The molecule has 2 N–H and O–H groups in total. The van der Waals surface area contributed by atoms with Gasteiger partial charge in [-0.05, 0) is 43.5 Å². The van der Waals surface area contributed by atoms with Gasteiger partial charge in [0.05, 0.1) is 5.69 Å². The molecule has 21 heavy (non-hydrogen) atoms. The van der Waals surface area contributed by atoms with Crippen molar-refractivity contribution >= 4 is 29.7 Å². The molecular weight excluding hydrogens is 288 g/mol. The largest absolute Gasteiger partial charge is 0.398 e. The normalized spacial score (nSPS) is 13.5. The number of amides is 1. The summed E-state index contributed by atoms with van der Waals surface area (Å²) >= 11 is 0. The number of hydrogen-bond donors (Lipinski definition) is 1. The molecule has 0 unspecified atom stereocenters. The molecule has 5 nitrogen and oxygen atoms in total. The lowest BCUT2D eigenvalue weighted by molar-refractivity contribution is 0.0976. The summed E-state index contributed by atoms with van der Waals surface area (Å²) in [4.78, 5) is 14.5. The predicted octanol–water partition coefficient (Wildman–Crippen LogP) is 2.33. The molecular formula is C15H19ClN4O. The van der Waals surface area contributed by atoms with Crippen molar-refractivity contribution in [2.24, 2.45) is 7.05 Å². The molecule has 6 heteroatoms. The Morgan fingerprint density at radius 3 is 2.81 bits per heavy atom. The fraction of sp³-hybridized carbons (Fsp3) is 0.333. The quantitative estimate of drug-likeness (QED) is 0.822. The van der Waals surface area contributed by atoms with E-state index in [0.29, 0.717) is 5.69 Å². The van der Waals surface area contributed by atoms with Crippen LogP contribution in [0.25, 0.3) is 0 Å². The highest BCUT2D eigenvalue weighted by Gasteiger charge is 2.26. The van der Waals surface area contributed by atoms with Crippen molar-refractivity contribution in [2.45, 2.75) is 19.8 Å². The summed E-state index contributed by atoms with van der Waals surface area (Å²) < 4.78 is 1.64. The van der Waals surface area contributed by atoms with Crippen LogP contribution in [0, 0.1) is 6.92 Å². The lowest BCUT2D eigenvalue weighted by atomic mass is 9.99. The summed E-state index contributed by atoms with van der Waals surface area (Å²) in [6.07, 6.45) is 1.86. The minimum Gasteiger partial charge on any atom is -0.398 e. The van der Waals surface area contributed by atoms with Crippen LogP contribution >= 0.6 is 12.4 Å². The summed E-state index contributed by atoms with van der Waals surface area (Å²) in [7, 11) is 1.80. The zero-order valence-electron chi connectivity index (χ0n) is 12.2. The standard InChI is InChI=1S/C15H18N4O.ClH/c1-10-9-14(18(2)17-10)15(20)19-8-4-5-11-12(16)6-3-7-13(11)19;/h3,6-7,9H,4-5,8,16H2,1-2H3;1H. The Balaban J connectivity index is 0.00000161. The van der Waals surface area contributed by atoms with Gasteiger partial charge >= 0.3 is 0 Å². The Hall–Kier alpha value is -2.01. The van der Waals surface area contributed by atoms with Gasteiger partial charge in [-0.3, -0.25) is 9.48 Å². The Morgan fingerprint density at radius 2 is 2.14 bits per heavy atom. The Kier molecular flexibility index (Phi) is 4.23. The van der Waals surface area contributed by atoms with Crippen LogP contribution in [0.1, 0.15) is 28.2 Å². The summed E-state index contributed by atoms with van der Waals surface area (Å²) in [5.74, 6) is -0.0142. The first kappa shape index (κ1) is 15.4. The van der Waals surface area contributed by atoms with E-state index in [9.17, 15) is 4.79 Å². The summed E-state index contributed by atoms with van der Waals surface area (Å²) in [5, 5.41) is 4.24. The topological polar surface area (TPSA) is 64.2 Å². The van der Waals surface area contributed by atoms with E-state index in [2.05, 4.69) is 5.10 Å². The summed E-state index contributed by atoms with van der Waals surface area (Å²) in [6.45, 7) is 2.61. The van der Waals surface area contributed by atoms with Crippen LogP contribution < -0.4 is 10.6 Å². The molecule has 2 aromatic rings. The van der Waals surface area contributed by atoms with Gasteiger partial charge in [0.25, 0.3) is 5.91 Å². The monoisotopic (exact) mass is 306 g/mol. The highest BCUT2D eigenvalue weighted by molar-refractivity contribution is 6.06. The highest BCUT2D eigenvalue weighted by Crippen LogP contribution is 2.32. The fourth-order valence-electron chi connectivity index (χ4n) is 2.81. The van der Waals surface area contributed by atoms with Gasteiger partial charge in [-0.25, -0.2) is 0 Å². The molecule has 1 aromatic heterocycles. The number of aryl methyl sites for hydroxylation is 2. The van der Waals surface area contributed by atoms with Gasteiger partial charge in [0.1, 0.15) is 5.69 Å². The average molecular weight is 307 g/mol. The van der Waals surface area contributed by atoms with Crippen molar-refractivity contribution in [2.75, 3.05) is 17.2 Å². The van der Waals surface area contributed by atoms with Crippen molar-refractivity contribution in [1.82, 2.24) is 9.78 Å². The molecule has 112 valence electrons. The molecule has 1 aromatic carbocycles. The zero-order chi connectivity index (χ0) is 14.3. The number of hydrogen-bond acceptors (Lipinski definition) is 3. The van der Waals surface area contributed by atoms with Crippen molar-refractivity contribution in [1.29, 1.82) is 0 Å². The van der Waals surface area contributed by atoms with E-state index in [4.69, 9.17) is 5.73 Å². The molecule has 1 aliphatic rings. The second-order valence-corrected chi connectivity index (χ2v) is 5.20. The van der Waals surface area contributed by atoms with Crippen LogP contribution in [0.5, 0.6) is 0 Å². The van der Waals surface area contributed by atoms with Crippen LogP contribution in [0.3, 0.4) is 0 Å². The van der Waals surface area contributed by atoms with E-state index >= 15 is 0 Å². The van der Waals surface area contributed by atoms with Gasteiger partial charge in [-0.1, -0.05) is 6.07 Å². The zero-order valence-corrected chi connectivity index (χ0v) is 13.0. The molecule has 0 spiro atoms. The molecule has 0 saturated carbocycles. The van der Waals surface area contributed by atoms with Gasteiger partial charge < -0.3 is 10.6 Å². The number of benzene rings is 1. The third-order valence-corrected chi connectivity index (χ3v) is 3.75. The van der Waals surface area contributed by atoms with Gasteiger partial charge in [0.15, 0.2) is 0 Å². The molecule has 0 radical (unpaired) electrons. The van der Waals surface area contributed by atoms with Crippen LogP contribution in [0.2, 0.25) is 0 Å².